The SMILES string of the molecule is CCOc1ccc2nc(SCC(=O)Nc3c(C)cccc3CC)[nH]c2c1. The van der Waals surface area contributed by atoms with Crippen molar-refractivity contribution >= 4 is 34.4 Å². The average molecular weight is 369 g/mol. The van der Waals surface area contributed by atoms with E-state index in [0.29, 0.717) is 12.4 Å². The van der Waals surface area contributed by atoms with E-state index in [1.165, 1.54) is 11.8 Å². The molecule has 0 spiro atoms. The van der Waals surface area contributed by atoms with E-state index in [0.717, 1.165) is 45.2 Å². The van der Waals surface area contributed by atoms with Crippen LogP contribution in [0.2, 0.25) is 0 Å². The zero-order chi connectivity index (χ0) is 18.5. The molecule has 26 heavy (non-hydrogen) atoms. The number of aromatic nitrogens is 2. The summed E-state index contributed by atoms with van der Waals surface area (Å²) in [6.45, 7) is 6.68. The lowest BCUT2D eigenvalue weighted by atomic mass is 10.1. The van der Waals surface area contributed by atoms with Gasteiger partial charge < -0.3 is 15.0 Å². The topological polar surface area (TPSA) is 67.0 Å². The van der Waals surface area contributed by atoms with Crippen LogP contribution in [-0.2, 0) is 11.2 Å². The van der Waals surface area contributed by atoms with E-state index in [1.807, 2.05) is 50.2 Å². The summed E-state index contributed by atoms with van der Waals surface area (Å²) >= 11 is 1.39. The molecule has 0 fully saturated rings. The number of H-pyrrole nitrogens is 1. The van der Waals surface area contributed by atoms with E-state index in [2.05, 4.69) is 22.2 Å². The molecule has 1 heterocycles. The van der Waals surface area contributed by atoms with Gasteiger partial charge in [0, 0.05) is 11.8 Å². The van der Waals surface area contributed by atoms with Gasteiger partial charge in [0.25, 0.3) is 0 Å². The molecule has 0 saturated carbocycles. The van der Waals surface area contributed by atoms with Crippen molar-refractivity contribution in [1.82, 2.24) is 9.97 Å². The lowest BCUT2D eigenvalue weighted by molar-refractivity contribution is -0.113. The van der Waals surface area contributed by atoms with Gasteiger partial charge in [-0.3, -0.25) is 4.79 Å². The fraction of sp³-hybridized carbons (Fsp3) is 0.300. The third-order valence-electron chi connectivity index (χ3n) is 4.09. The monoisotopic (exact) mass is 369 g/mol. The summed E-state index contributed by atoms with van der Waals surface area (Å²) in [5.41, 5.74) is 4.92. The van der Waals surface area contributed by atoms with Crippen LogP contribution in [-0.4, -0.2) is 28.2 Å². The van der Waals surface area contributed by atoms with Crippen LogP contribution in [0.4, 0.5) is 5.69 Å². The zero-order valence-corrected chi connectivity index (χ0v) is 16.1. The zero-order valence-electron chi connectivity index (χ0n) is 15.3. The first-order valence-electron chi connectivity index (χ1n) is 8.74. The Morgan fingerprint density at radius 3 is 2.88 bits per heavy atom. The Bertz CT molecular complexity index is 921. The Morgan fingerprint density at radius 1 is 1.27 bits per heavy atom. The third kappa shape index (κ3) is 4.19. The van der Waals surface area contributed by atoms with Crippen molar-refractivity contribution in [3.05, 3.63) is 47.5 Å². The molecule has 5 nitrogen and oxygen atoms in total. The number of hydrogen-bond acceptors (Lipinski definition) is 4. The van der Waals surface area contributed by atoms with Crippen LogP contribution in [0.5, 0.6) is 5.75 Å². The highest BCUT2D eigenvalue weighted by molar-refractivity contribution is 7.99. The number of ether oxygens (including phenoxy) is 1. The van der Waals surface area contributed by atoms with E-state index >= 15 is 0 Å². The lowest BCUT2D eigenvalue weighted by Crippen LogP contribution is -2.16. The van der Waals surface area contributed by atoms with Crippen molar-refractivity contribution in [2.75, 3.05) is 17.7 Å². The number of anilines is 1. The second-order valence-electron chi connectivity index (χ2n) is 5.95. The first kappa shape index (κ1) is 18.3. The van der Waals surface area contributed by atoms with Crippen LogP contribution < -0.4 is 10.1 Å². The molecule has 0 bridgehead atoms. The van der Waals surface area contributed by atoms with Crippen LogP contribution in [0, 0.1) is 6.92 Å². The number of carbonyl (C=O) groups excluding carboxylic acids is 1. The predicted octanol–water partition coefficient (Wildman–Crippen LogP) is 4.56. The van der Waals surface area contributed by atoms with Crippen molar-refractivity contribution in [3.8, 4) is 5.75 Å². The van der Waals surface area contributed by atoms with E-state index in [-0.39, 0.29) is 5.91 Å². The number of para-hydroxylation sites is 1. The van der Waals surface area contributed by atoms with Crippen LogP contribution in [0.15, 0.2) is 41.6 Å². The van der Waals surface area contributed by atoms with Gasteiger partial charge in [-0.15, -0.1) is 0 Å². The van der Waals surface area contributed by atoms with Gasteiger partial charge in [0.1, 0.15) is 5.75 Å². The molecule has 0 saturated heterocycles. The number of carbonyl (C=O) groups is 1. The summed E-state index contributed by atoms with van der Waals surface area (Å²) in [4.78, 5) is 20.1. The maximum atomic E-state index is 12.4. The Balaban J connectivity index is 1.65. The third-order valence-corrected chi connectivity index (χ3v) is 4.96. The van der Waals surface area contributed by atoms with Crippen molar-refractivity contribution in [3.63, 3.8) is 0 Å². The van der Waals surface area contributed by atoms with Gasteiger partial charge in [0.15, 0.2) is 5.16 Å². The molecule has 0 atom stereocenters. The molecule has 2 aromatic carbocycles. The lowest BCUT2D eigenvalue weighted by Gasteiger charge is -2.12. The second kappa shape index (κ2) is 8.27. The van der Waals surface area contributed by atoms with Gasteiger partial charge >= 0.3 is 0 Å². The predicted molar refractivity (Wildman–Crippen MR) is 107 cm³/mol. The molecule has 2 N–H and O–H groups in total. The fourth-order valence-electron chi connectivity index (χ4n) is 2.80. The van der Waals surface area contributed by atoms with Crippen molar-refractivity contribution in [1.29, 1.82) is 0 Å². The van der Waals surface area contributed by atoms with Crippen LogP contribution in [0.25, 0.3) is 11.0 Å². The molecule has 0 aliphatic carbocycles. The minimum absolute atomic E-state index is 0.0329. The number of benzene rings is 2. The molecule has 3 rings (SSSR count). The first-order chi connectivity index (χ1) is 12.6. The number of amides is 1. The molecular formula is C20H23N3O2S. The molecule has 3 aromatic rings. The van der Waals surface area contributed by atoms with E-state index in [4.69, 9.17) is 4.74 Å². The van der Waals surface area contributed by atoms with Gasteiger partial charge in [0.05, 0.1) is 23.4 Å². The highest BCUT2D eigenvalue weighted by Crippen LogP contribution is 2.25. The van der Waals surface area contributed by atoms with Crippen molar-refractivity contribution in [2.45, 2.75) is 32.3 Å². The minimum atomic E-state index is -0.0329. The molecular weight excluding hydrogens is 346 g/mol. The summed E-state index contributed by atoms with van der Waals surface area (Å²) in [6, 6.07) is 11.8. The second-order valence-corrected chi connectivity index (χ2v) is 6.92. The van der Waals surface area contributed by atoms with Crippen LogP contribution >= 0.6 is 11.8 Å². The van der Waals surface area contributed by atoms with Gasteiger partial charge in [0.2, 0.25) is 5.91 Å². The van der Waals surface area contributed by atoms with E-state index in [9.17, 15) is 4.79 Å². The largest absolute Gasteiger partial charge is 0.494 e. The standard InChI is InChI=1S/C20H23N3O2S/c1-4-14-8-6-7-13(3)19(14)23-18(24)12-26-20-21-16-10-9-15(25-5-2)11-17(16)22-20/h6-11H,4-5,12H2,1-3H3,(H,21,22)(H,23,24). The molecule has 0 aliphatic heterocycles. The summed E-state index contributed by atoms with van der Waals surface area (Å²) < 4.78 is 5.50. The normalized spacial score (nSPS) is 10.9. The molecule has 1 amide bonds. The van der Waals surface area contributed by atoms with Crippen LogP contribution in [0.3, 0.4) is 0 Å². The smallest absolute Gasteiger partial charge is 0.234 e. The maximum Gasteiger partial charge on any atom is 0.234 e. The van der Waals surface area contributed by atoms with E-state index in [1.54, 1.807) is 0 Å². The van der Waals surface area contributed by atoms with Crippen molar-refractivity contribution < 1.29 is 9.53 Å². The number of fused-ring (bicyclic) bond motifs is 1. The number of aryl methyl sites for hydroxylation is 2. The summed E-state index contributed by atoms with van der Waals surface area (Å²) in [6.07, 6.45) is 0.885. The Kier molecular flexibility index (Phi) is 5.83. The summed E-state index contributed by atoms with van der Waals surface area (Å²) in [5, 5.41) is 3.76. The van der Waals surface area contributed by atoms with Gasteiger partial charge in [-0.25, -0.2) is 4.98 Å². The number of rotatable bonds is 7. The number of imidazole rings is 1. The minimum Gasteiger partial charge on any atom is -0.494 e. The molecule has 1 aromatic heterocycles. The summed E-state index contributed by atoms with van der Waals surface area (Å²) in [7, 11) is 0. The molecule has 136 valence electrons. The molecule has 6 heteroatoms. The Labute approximate surface area is 157 Å². The molecule has 0 radical (unpaired) electrons. The highest BCUT2D eigenvalue weighted by atomic mass is 32.2. The Hall–Kier alpha value is -2.47. The first-order valence-corrected chi connectivity index (χ1v) is 9.73. The fourth-order valence-corrected chi connectivity index (χ4v) is 3.49. The van der Waals surface area contributed by atoms with Gasteiger partial charge in [-0.05, 0) is 43.5 Å². The summed E-state index contributed by atoms with van der Waals surface area (Å²) in [5.74, 6) is 1.08. The van der Waals surface area contributed by atoms with Crippen molar-refractivity contribution in [2.24, 2.45) is 0 Å². The number of nitrogens with one attached hydrogen (secondary N) is 2. The molecule has 0 unspecified atom stereocenters. The van der Waals surface area contributed by atoms with Gasteiger partial charge in [-0.1, -0.05) is 36.9 Å². The number of thioether (sulfide) groups is 1. The number of nitrogens with zero attached hydrogens (tertiary/aromatic N) is 1. The van der Waals surface area contributed by atoms with Gasteiger partial charge in [-0.2, -0.15) is 0 Å². The number of hydrogen-bond donors (Lipinski definition) is 2. The molecule has 0 aliphatic rings. The Morgan fingerprint density at radius 2 is 2.12 bits per heavy atom. The average Bonchev–Trinajstić information content (AvgIpc) is 3.04. The maximum absolute atomic E-state index is 12.4. The number of aromatic amines is 1. The van der Waals surface area contributed by atoms with Crippen LogP contribution in [0.1, 0.15) is 25.0 Å². The quantitative estimate of drug-likeness (QED) is 0.599. The highest BCUT2D eigenvalue weighted by Gasteiger charge is 2.11. The van der Waals surface area contributed by atoms with E-state index < -0.39 is 0 Å².